The number of anilines is 1. The number of esters is 1. The number of carbonyl (C=O) groups excluding carboxylic acids is 2. The average molecular weight is 515 g/mol. The number of hydrogen-bond acceptors (Lipinski definition) is 7. The maximum absolute atomic E-state index is 13.1. The Labute approximate surface area is 221 Å². The van der Waals surface area contributed by atoms with Gasteiger partial charge in [0, 0.05) is 58.0 Å². The molecular weight excluding hydrogens is 471 g/mol. The topological polar surface area (TPSA) is 73.9 Å². The third-order valence-electron chi connectivity index (χ3n) is 7.42. The van der Waals surface area contributed by atoms with Crippen LogP contribution in [0.2, 0.25) is 0 Å². The molecule has 1 aromatic rings. The number of halogens is 1. The van der Waals surface area contributed by atoms with E-state index in [1.54, 1.807) is 18.4 Å². The summed E-state index contributed by atoms with van der Waals surface area (Å²) in [6, 6.07) is 6.76. The van der Waals surface area contributed by atoms with Gasteiger partial charge in [0.25, 0.3) is 0 Å². The minimum atomic E-state index is -0.225. The summed E-state index contributed by atoms with van der Waals surface area (Å²) in [5, 5.41) is 0. The Bertz CT molecular complexity index is 941. The minimum absolute atomic E-state index is 0.0341. The molecule has 204 valence electrons. The van der Waals surface area contributed by atoms with Crippen LogP contribution < -0.4 is 15.8 Å². The highest BCUT2D eigenvalue weighted by atomic mass is 19.1. The molecule has 2 saturated heterocycles. The predicted octanol–water partition coefficient (Wildman–Crippen LogP) is 4.71. The molecule has 0 spiro atoms. The molecule has 0 radical (unpaired) electrons. The van der Waals surface area contributed by atoms with E-state index in [0.29, 0.717) is 5.70 Å². The lowest BCUT2D eigenvalue weighted by atomic mass is 9.76. The molecule has 3 heterocycles. The summed E-state index contributed by atoms with van der Waals surface area (Å²) in [6.45, 7) is 10.7. The molecule has 0 amide bonds. The van der Waals surface area contributed by atoms with Crippen LogP contribution in [-0.4, -0.2) is 55.5 Å². The molecular formula is C29H43FN4O3. The van der Waals surface area contributed by atoms with Crippen LogP contribution in [0, 0.1) is 11.2 Å². The van der Waals surface area contributed by atoms with E-state index in [-0.39, 0.29) is 29.1 Å². The number of rotatable bonds is 10. The molecule has 3 aliphatic rings. The molecule has 2 unspecified atom stereocenters. The molecule has 1 aromatic carbocycles. The van der Waals surface area contributed by atoms with Crippen LogP contribution in [0.5, 0.6) is 0 Å². The van der Waals surface area contributed by atoms with Gasteiger partial charge in [-0.1, -0.05) is 33.1 Å². The Morgan fingerprint density at radius 3 is 2.41 bits per heavy atom. The van der Waals surface area contributed by atoms with Crippen molar-refractivity contribution in [2.24, 2.45) is 5.41 Å². The van der Waals surface area contributed by atoms with Gasteiger partial charge in [0.2, 0.25) is 0 Å². The van der Waals surface area contributed by atoms with Crippen LogP contribution in [0.4, 0.5) is 10.1 Å². The van der Waals surface area contributed by atoms with E-state index in [1.165, 1.54) is 19.1 Å². The lowest BCUT2D eigenvalue weighted by Crippen LogP contribution is -2.47. The Balaban J connectivity index is 0.000000356. The molecule has 2 atom stereocenters. The van der Waals surface area contributed by atoms with E-state index in [2.05, 4.69) is 34.5 Å². The van der Waals surface area contributed by atoms with E-state index in [4.69, 9.17) is 4.74 Å². The van der Waals surface area contributed by atoms with Crippen molar-refractivity contribution < 1.29 is 18.7 Å². The maximum Gasteiger partial charge on any atom is 0.312 e. The average Bonchev–Trinajstić information content (AvgIpc) is 3.23. The van der Waals surface area contributed by atoms with Gasteiger partial charge >= 0.3 is 5.97 Å². The van der Waals surface area contributed by atoms with E-state index >= 15 is 0 Å². The second kappa shape index (κ2) is 14.2. The zero-order valence-electron chi connectivity index (χ0n) is 22.6. The third kappa shape index (κ3) is 8.32. The minimum Gasteiger partial charge on any atom is -0.462 e. The summed E-state index contributed by atoms with van der Waals surface area (Å²) < 4.78 is 18.9. The van der Waals surface area contributed by atoms with Gasteiger partial charge in [-0.15, -0.1) is 0 Å². The van der Waals surface area contributed by atoms with Crippen molar-refractivity contribution in [1.29, 1.82) is 0 Å². The largest absolute Gasteiger partial charge is 0.462 e. The van der Waals surface area contributed by atoms with Crippen molar-refractivity contribution in [2.75, 3.05) is 37.6 Å². The van der Waals surface area contributed by atoms with Crippen molar-refractivity contribution in [2.45, 2.75) is 71.8 Å². The summed E-state index contributed by atoms with van der Waals surface area (Å²) in [5.41, 5.74) is 6.85. The smallest absolute Gasteiger partial charge is 0.312 e. The number of allylic oxidation sites excluding steroid dienone is 3. The molecule has 3 aliphatic heterocycles. The highest BCUT2D eigenvalue weighted by molar-refractivity contribution is 5.92. The van der Waals surface area contributed by atoms with E-state index in [9.17, 15) is 14.0 Å². The van der Waals surface area contributed by atoms with Gasteiger partial charge in [-0.2, -0.15) is 0 Å². The molecule has 0 aromatic heterocycles. The molecule has 7 nitrogen and oxygen atoms in total. The molecule has 8 heteroatoms. The number of ether oxygens (including phenoxy) is 1. The molecule has 0 aliphatic carbocycles. The van der Waals surface area contributed by atoms with Crippen LogP contribution in [0.15, 0.2) is 48.3 Å². The summed E-state index contributed by atoms with van der Waals surface area (Å²) >= 11 is 0. The van der Waals surface area contributed by atoms with E-state index in [0.717, 1.165) is 83.4 Å². The Kier molecular flexibility index (Phi) is 11.0. The van der Waals surface area contributed by atoms with Crippen LogP contribution in [0.3, 0.4) is 0 Å². The first kappa shape index (κ1) is 28.7. The van der Waals surface area contributed by atoms with E-state index < -0.39 is 0 Å². The quantitative estimate of drug-likeness (QED) is 0.438. The fourth-order valence-electron chi connectivity index (χ4n) is 5.29. The second-order valence-electron chi connectivity index (χ2n) is 10.2. The zero-order chi connectivity index (χ0) is 26.7. The summed E-state index contributed by atoms with van der Waals surface area (Å²) in [4.78, 5) is 28.0. The van der Waals surface area contributed by atoms with Crippen LogP contribution in [-0.2, 0) is 14.3 Å². The fraction of sp³-hybridized carbons (Fsp3) is 0.586. The molecule has 37 heavy (non-hydrogen) atoms. The van der Waals surface area contributed by atoms with Crippen LogP contribution in [0.1, 0.15) is 65.7 Å². The number of nitrogens with one attached hydrogen (secondary N) is 2. The summed E-state index contributed by atoms with van der Waals surface area (Å²) in [6.07, 6.45) is 12.3. The van der Waals surface area contributed by atoms with Gasteiger partial charge in [0.15, 0.2) is 5.78 Å². The first-order valence-electron chi connectivity index (χ1n) is 13.7. The number of unbranched alkanes of at least 4 members (excludes halogenated alkanes) is 1. The number of hydrazine groups is 1. The number of cyclic esters (lactones) is 1. The van der Waals surface area contributed by atoms with Gasteiger partial charge in [-0.3, -0.25) is 19.9 Å². The van der Waals surface area contributed by atoms with Gasteiger partial charge in [-0.05, 0) is 55.7 Å². The first-order valence-corrected chi connectivity index (χ1v) is 13.7. The lowest BCUT2D eigenvalue weighted by molar-refractivity contribution is -0.149. The standard InChI is InChI=1S/C23H35FN2O2.C6H8N2O/c1-3-5-12-23(11-4-2)18-21(28-22(23)27)10-13-25-14-16-26(17-15-25)20-8-6-19(24)7-9-20;1-5(9)6-3-2-4-7-8-6/h6-9,21H,3-5,10-18H2,1-2H3;2-4,7-8H,1H3. The third-order valence-corrected chi connectivity index (χ3v) is 7.42. The van der Waals surface area contributed by atoms with Crippen molar-refractivity contribution in [3.8, 4) is 0 Å². The summed E-state index contributed by atoms with van der Waals surface area (Å²) in [7, 11) is 0. The maximum atomic E-state index is 13.1. The highest BCUT2D eigenvalue weighted by Gasteiger charge is 2.47. The SMILES string of the molecule is CC(=O)C1=CC=CNN1.CCCCC1(CCC)CC(CCN2CCN(c3ccc(F)cc3)CC2)OC1=O. The molecule has 2 N–H and O–H groups in total. The predicted molar refractivity (Wildman–Crippen MR) is 145 cm³/mol. The van der Waals surface area contributed by atoms with Crippen molar-refractivity contribution in [3.05, 3.63) is 54.1 Å². The Morgan fingerprint density at radius 1 is 1.11 bits per heavy atom. The monoisotopic (exact) mass is 514 g/mol. The van der Waals surface area contributed by atoms with Crippen molar-refractivity contribution in [3.63, 3.8) is 0 Å². The number of nitrogens with zero attached hydrogens (tertiary/aromatic N) is 2. The molecule has 0 saturated carbocycles. The zero-order valence-corrected chi connectivity index (χ0v) is 22.6. The van der Waals surface area contributed by atoms with Gasteiger partial charge in [0.1, 0.15) is 11.9 Å². The molecule has 4 rings (SSSR count). The fourth-order valence-corrected chi connectivity index (χ4v) is 5.29. The molecule has 2 fully saturated rings. The lowest BCUT2D eigenvalue weighted by Gasteiger charge is -2.36. The molecule has 0 bridgehead atoms. The number of ketones is 1. The number of Topliss-reactive ketones (excluding diaryl/α,β-unsaturated/α-hetero) is 1. The highest BCUT2D eigenvalue weighted by Crippen LogP contribution is 2.43. The normalized spacial score (nSPS) is 23.4. The van der Waals surface area contributed by atoms with Gasteiger partial charge in [-0.25, -0.2) is 4.39 Å². The second-order valence-corrected chi connectivity index (χ2v) is 10.2. The van der Waals surface area contributed by atoms with Gasteiger partial charge in [0.05, 0.1) is 11.1 Å². The van der Waals surface area contributed by atoms with Crippen LogP contribution in [0.25, 0.3) is 0 Å². The van der Waals surface area contributed by atoms with Crippen LogP contribution >= 0.6 is 0 Å². The van der Waals surface area contributed by atoms with Gasteiger partial charge < -0.3 is 15.1 Å². The Morgan fingerprint density at radius 2 is 1.84 bits per heavy atom. The summed E-state index contributed by atoms with van der Waals surface area (Å²) in [5.74, 6) is -0.104. The van der Waals surface area contributed by atoms with E-state index in [1.807, 2.05) is 12.1 Å². The number of hydrogen-bond donors (Lipinski definition) is 2. The number of benzene rings is 1. The van der Waals surface area contributed by atoms with Crippen molar-refractivity contribution in [1.82, 2.24) is 15.8 Å². The Hall–Kier alpha value is -2.87. The number of carbonyl (C=O) groups is 2. The van der Waals surface area contributed by atoms with Crippen molar-refractivity contribution >= 4 is 17.4 Å². The first-order chi connectivity index (χ1) is 17.9. The number of piperazine rings is 1.